The summed E-state index contributed by atoms with van der Waals surface area (Å²) in [6.07, 6.45) is 0. The molecule has 5 heteroatoms. The summed E-state index contributed by atoms with van der Waals surface area (Å²) in [5, 5.41) is 18.1. The number of furan rings is 1. The van der Waals surface area contributed by atoms with E-state index in [1.807, 2.05) is 4.90 Å². The minimum absolute atomic E-state index is 0.0442. The van der Waals surface area contributed by atoms with Crippen LogP contribution in [-0.2, 0) is 6.54 Å². The number of nitrogens with zero attached hydrogens (tertiary/aromatic N) is 1. The van der Waals surface area contributed by atoms with Crippen LogP contribution < -0.4 is 0 Å². The highest BCUT2D eigenvalue weighted by atomic mass is 16.4. The number of rotatable bonds is 3. The zero-order valence-corrected chi connectivity index (χ0v) is 8.43. The van der Waals surface area contributed by atoms with Crippen molar-refractivity contribution in [2.24, 2.45) is 0 Å². The van der Waals surface area contributed by atoms with Gasteiger partial charge in [0.15, 0.2) is 0 Å². The lowest BCUT2D eigenvalue weighted by molar-refractivity contribution is -0.0892. The number of aliphatic hydroxyl groups is 1. The van der Waals surface area contributed by atoms with Crippen molar-refractivity contribution in [3.8, 4) is 0 Å². The van der Waals surface area contributed by atoms with Crippen molar-refractivity contribution in [1.82, 2.24) is 4.90 Å². The van der Waals surface area contributed by atoms with Gasteiger partial charge >= 0.3 is 5.97 Å². The fourth-order valence-corrected chi connectivity index (χ4v) is 1.83. The first-order valence-electron chi connectivity index (χ1n) is 4.73. The monoisotopic (exact) mass is 211 g/mol. The molecule has 0 saturated carbocycles. The Balaban J connectivity index is 1.92. The molecule has 1 aliphatic heterocycles. The molecule has 2 rings (SSSR count). The van der Waals surface area contributed by atoms with Gasteiger partial charge < -0.3 is 14.6 Å². The summed E-state index contributed by atoms with van der Waals surface area (Å²) < 4.78 is 5.10. The average molecular weight is 211 g/mol. The van der Waals surface area contributed by atoms with E-state index < -0.39 is 11.6 Å². The number of aromatic carboxylic acids is 1. The Morgan fingerprint density at radius 2 is 2.27 bits per heavy atom. The Kier molecular flexibility index (Phi) is 2.28. The van der Waals surface area contributed by atoms with E-state index >= 15 is 0 Å². The quantitative estimate of drug-likeness (QED) is 0.763. The highest BCUT2D eigenvalue weighted by Gasteiger charge is 2.36. The van der Waals surface area contributed by atoms with Crippen molar-refractivity contribution >= 4 is 5.97 Å². The minimum atomic E-state index is -1.06. The van der Waals surface area contributed by atoms with Gasteiger partial charge in [0, 0.05) is 13.1 Å². The average Bonchev–Trinajstić information content (AvgIpc) is 2.49. The summed E-state index contributed by atoms with van der Waals surface area (Å²) in [6, 6.07) is 3.09. The molecule has 1 aliphatic rings. The third-order valence-corrected chi connectivity index (χ3v) is 2.38. The fraction of sp³-hybridized carbons (Fsp3) is 0.500. The maximum atomic E-state index is 10.5. The lowest BCUT2D eigenvalue weighted by Crippen LogP contribution is -2.59. The van der Waals surface area contributed by atoms with Crippen molar-refractivity contribution in [1.29, 1.82) is 0 Å². The van der Waals surface area contributed by atoms with Gasteiger partial charge in [-0.2, -0.15) is 0 Å². The van der Waals surface area contributed by atoms with E-state index in [4.69, 9.17) is 9.52 Å². The van der Waals surface area contributed by atoms with Gasteiger partial charge in [0.25, 0.3) is 0 Å². The van der Waals surface area contributed by atoms with Crippen molar-refractivity contribution < 1.29 is 19.4 Å². The molecule has 2 heterocycles. The molecular formula is C10H13NO4. The van der Waals surface area contributed by atoms with Gasteiger partial charge in [0.05, 0.1) is 12.1 Å². The number of carboxylic acids is 1. The summed E-state index contributed by atoms with van der Waals surface area (Å²) in [6.45, 7) is 3.50. The van der Waals surface area contributed by atoms with Gasteiger partial charge in [-0.15, -0.1) is 0 Å². The second-order valence-corrected chi connectivity index (χ2v) is 4.21. The van der Waals surface area contributed by atoms with Crippen molar-refractivity contribution in [2.75, 3.05) is 13.1 Å². The van der Waals surface area contributed by atoms with Crippen LogP contribution in [0, 0.1) is 0 Å². The van der Waals surface area contributed by atoms with Crippen LogP contribution in [0.2, 0.25) is 0 Å². The number of β-amino-alcohol motifs (C(OH)–C–C–N with tert-alkyl or cyclic N) is 1. The Labute approximate surface area is 86.9 Å². The largest absolute Gasteiger partial charge is 0.475 e. The molecule has 2 N–H and O–H groups in total. The van der Waals surface area contributed by atoms with E-state index in [-0.39, 0.29) is 5.76 Å². The van der Waals surface area contributed by atoms with Crippen LogP contribution >= 0.6 is 0 Å². The first-order chi connectivity index (χ1) is 6.96. The molecule has 0 atom stereocenters. The second-order valence-electron chi connectivity index (χ2n) is 4.21. The molecular weight excluding hydrogens is 198 g/mol. The maximum absolute atomic E-state index is 10.5. The maximum Gasteiger partial charge on any atom is 0.371 e. The molecule has 1 aromatic rings. The third kappa shape index (κ3) is 2.19. The fourth-order valence-electron chi connectivity index (χ4n) is 1.83. The SMILES string of the molecule is CC1(O)CN(Cc2ccc(C(=O)O)o2)C1. The highest BCUT2D eigenvalue weighted by molar-refractivity contribution is 5.84. The number of hydrogen-bond acceptors (Lipinski definition) is 4. The lowest BCUT2D eigenvalue weighted by Gasteiger charge is -2.43. The summed E-state index contributed by atoms with van der Waals surface area (Å²) in [7, 11) is 0. The van der Waals surface area contributed by atoms with Crippen LogP contribution in [0.4, 0.5) is 0 Å². The number of hydrogen-bond donors (Lipinski definition) is 2. The molecule has 0 aliphatic carbocycles. The van der Waals surface area contributed by atoms with Crippen molar-refractivity contribution in [2.45, 2.75) is 19.1 Å². The molecule has 0 radical (unpaired) electrons. The number of likely N-dealkylation sites (tertiary alicyclic amines) is 1. The van der Waals surface area contributed by atoms with Crippen LogP contribution in [-0.4, -0.2) is 39.8 Å². The molecule has 0 bridgehead atoms. The summed E-state index contributed by atoms with van der Waals surface area (Å²) >= 11 is 0. The van der Waals surface area contributed by atoms with Crippen molar-refractivity contribution in [3.63, 3.8) is 0 Å². The molecule has 0 amide bonds. The first-order valence-corrected chi connectivity index (χ1v) is 4.73. The van der Waals surface area contributed by atoms with Crippen LogP contribution in [0.25, 0.3) is 0 Å². The van der Waals surface area contributed by atoms with E-state index in [1.54, 1.807) is 13.0 Å². The Morgan fingerprint density at radius 3 is 2.73 bits per heavy atom. The van der Waals surface area contributed by atoms with Gasteiger partial charge in [0.1, 0.15) is 5.76 Å². The standard InChI is InChI=1S/C10H13NO4/c1-10(14)5-11(6-10)4-7-2-3-8(15-7)9(12)13/h2-3,14H,4-6H2,1H3,(H,12,13). The Bertz CT molecular complexity index is 375. The van der Waals surface area contributed by atoms with E-state index in [9.17, 15) is 9.90 Å². The second kappa shape index (κ2) is 3.36. The molecule has 0 spiro atoms. The van der Waals surface area contributed by atoms with E-state index in [0.29, 0.717) is 25.4 Å². The summed E-state index contributed by atoms with van der Waals surface area (Å²) in [4.78, 5) is 12.5. The van der Waals surface area contributed by atoms with Crippen LogP contribution in [0.15, 0.2) is 16.5 Å². The van der Waals surface area contributed by atoms with Crippen LogP contribution in [0.5, 0.6) is 0 Å². The zero-order chi connectivity index (χ0) is 11.1. The number of carbonyl (C=O) groups is 1. The van der Waals surface area contributed by atoms with E-state index in [0.717, 1.165) is 0 Å². The predicted molar refractivity (Wildman–Crippen MR) is 51.6 cm³/mol. The van der Waals surface area contributed by atoms with E-state index in [1.165, 1.54) is 6.07 Å². The van der Waals surface area contributed by atoms with Gasteiger partial charge in [-0.1, -0.05) is 0 Å². The topological polar surface area (TPSA) is 73.9 Å². The van der Waals surface area contributed by atoms with Crippen LogP contribution in [0.3, 0.4) is 0 Å². The molecule has 5 nitrogen and oxygen atoms in total. The molecule has 15 heavy (non-hydrogen) atoms. The minimum Gasteiger partial charge on any atom is -0.475 e. The smallest absolute Gasteiger partial charge is 0.371 e. The van der Waals surface area contributed by atoms with E-state index in [2.05, 4.69) is 0 Å². The van der Waals surface area contributed by atoms with Gasteiger partial charge in [-0.3, -0.25) is 4.90 Å². The van der Waals surface area contributed by atoms with Crippen molar-refractivity contribution in [3.05, 3.63) is 23.7 Å². The summed E-state index contributed by atoms with van der Waals surface area (Å²) in [5.74, 6) is -0.489. The molecule has 0 aromatic carbocycles. The highest BCUT2D eigenvalue weighted by Crippen LogP contribution is 2.22. The third-order valence-electron chi connectivity index (χ3n) is 2.38. The predicted octanol–water partition coefficient (Wildman–Crippen LogP) is 0.544. The molecule has 1 aromatic heterocycles. The molecule has 0 unspecified atom stereocenters. The normalized spacial score (nSPS) is 19.9. The molecule has 1 saturated heterocycles. The Morgan fingerprint density at radius 1 is 1.60 bits per heavy atom. The zero-order valence-electron chi connectivity index (χ0n) is 8.43. The van der Waals surface area contributed by atoms with Gasteiger partial charge in [-0.05, 0) is 19.1 Å². The summed E-state index contributed by atoms with van der Waals surface area (Å²) in [5.41, 5.74) is -0.609. The lowest BCUT2D eigenvalue weighted by atomic mass is 9.97. The molecule has 1 fully saturated rings. The van der Waals surface area contributed by atoms with Gasteiger partial charge in [-0.25, -0.2) is 4.79 Å². The first kappa shape index (κ1) is 10.2. The van der Waals surface area contributed by atoms with Gasteiger partial charge in [0.2, 0.25) is 5.76 Å². The Hall–Kier alpha value is -1.33. The number of carboxylic acid groups (broad SMARTS) is 1. The molecule has 82 valence electrons. The van der Waals surface area contributed by atoms with Crippen LogP contribution in [0.1, 0.15) is 23.2 Å².